The second-order valence-electron chi connectivity index (χ2n) is 4.37. The Morgan fingerprint density at radius 2 is 1.65 bits per heavy atom. The van der Waals surface area contributed by atoms with Crippen molar-refractivity contribution in [3.63, 3.8) is 0 Å². The lowest BCUT2D eigenvalue weighted by molar-refractivity contribution is 0.954. The number of hydrogen-bond acceptors (Lipinski definition) is 3. The summed E-state index contributed by atoms with van der Waals surface area (Å²) in [6, 6.07) is 15.4. The van der Waals surface area contributed by atoms with E-state index in [1.54, 1.807) is 0 Å². The van der Waals surface area contributed by atoms with Crippen LogP contribution in [0.3, 0.4) is 0 Å². The second kappa shape index (κ2) is 5.73. The lowest BCUT2D eigenvalue weighted by Gasteiger charge is -2.26. The maximum atomic E-state index is 6.34. The molecule has 2 aromatic carbocycles. The summed E-state index contributed by atoms with van der Waals surface area (Å²) in [6.07, 6.45) is 0. The first kappa shape index (κ1) is 13.3. The topological polar surface area (TPSA) is 27.6 Å². The van der Waals surface area contributed by atoms with Gasteiger partial charge in [0.15, 0.2) is 0 Å². The molecule has 1 aliphatic rings. The van der Waals surface area contributed by atoms with Crippen LogP contribution in [0.25, 0.3) is 0 Å². The van der Waals surface area contributed by atoms with Crippen molar-refractivity contribution in [2.75, 3.05) is 18.0 Å². The number of anilines is 2. The Bertz CT molecular complexity index is 621. The van der Waals surface area contributed by atoms with E-state index in [1.165, 1.54) is 0 Å². The number of nitrogens with one attached hydrogen (secondary N) is 1. The molecule has 3 rings (SSSR count). The van der Waals surface area contributed by atoms with Crippen LogP contribution in [0.1, 0.15) is 0 Å². The number of halogens is 2. The summed E-state index contributed by atoms with van der Waals surface area (Å²) in [6.45, 7) is 1.57. The zero-order valence-electron chi connectivity index (χ0n) is 10.7. The van der Waals surface area contributed by atoms with Crippen molar-refractivity contribution in [1.82, 2.24) is 5.32 Å². The smallest absolute Gasteiger partial charge is 0.203 e. The number of rotatable bonds is 2. The quantitative estimate of drug-likeness (QED) is 0.905. The molecule has 102 valence electrons. The molecule has 2 aromatic rings. The van der Waals surface area contributed by atoms with Crippen molar-refractivity contribution in [2.24, 2.45) is 4.99 Å². The number of benzene rings is 2. The summed E-state index contributed by atoms with van der Waals surface area (Å²) in [4.78, 5) is 6.44. The number of hydrogen-bond donors (Lipinski definition) is 1. The van der Waals surface area contributed by atoms with Gasteiger partial charge in [-0.25, -0.2) is 0 Å². The molecule has 0 saturated carbocycles. The van der Waals surface area contributed by atoms with Crippen LogP contribution in [-0.4, -0.2) is 19.0 Å². The van der Waals surface area contributed by atoms with Crippen molar-refractivity contribution in [2.45, 2.75) is 0 Å². The van der Waals surface area contributed by atoms with Crippen LogP contribution in [0.5, 0.6) is 0 Å². The summed E-state index contributed by atoms with van der Waals surface area (Å²) >= 11 is 12.7. The predicted molar refractivity (Wildman–Crippen MR) is 85.3 cm³/mol. The first-order valence-corrected chi connectivity index (χ1v) is 7.10. The minimum Gasteiger partial charge on any atom is -0.354 e. The molecule has 3 nitrogen and oxygen atoms in total. The molecule has 1 aliphatic heterocycles. The summed E-state index contributed by atoms with van der Waals surface area (Å²) in [5.41, 5.74) is 1.71. The molecule has 5 heteroatoms. The SMILES string of the molecule is Clc1cccc(Cl)c1N(C1=NCCN1)c1ccccc1. The first-order chi connectivity index (χ1) is 9.77. The Labute approximate surface area is 127 Å². The van der Waals surface area contributed by atoms with E-state index in [9.17, 15) is 0 Å². The van der Waals surface area contributed by atoms with Crippen molar-refractivity contribution in [3.8, 4) is 0 Å². The van der Waals surface area contributed by atoms with Gasteiger partial charge < -0.3 is 5.32 Å². The third-order valence-corrected chi connectivity index (χ3v) is 3.65. The van der Waals surface area contributed by atoms with Gasteiger partial charge in [0.25, 0.3) is 0 Å². The van der Waals surface area contributed by atoms with E-state index in [0.29, 0.717) is 10.0 Å². The van der Waals surface area contributed by atoms with Gasteiger partial charge in [0.1, 0.15) is 0 Å². The maximum absolute atomic E-state index is 6.34. The van der Waals surface area contributed by atoms with Crippen LogP contribution < -0.4 is 10.2 Å². The van der Waals surface area contributed by atoms with Crippen molar-refractivity contribution >= 4 is 40.5 Å². The first-order valence-electron chi connectivity index (χ1n) is 6.35. The molecule has 0 fully saturated rings. The van der Waals surface area contributed by atoms with Crippen LogP contribution in [-0.2, 0) is 0 Å². The molecule has 0 saturated heterocycles. The highest BCUT2D eigenvalue weighted by atomic mass is 35.5. The summed E-state index contributed by atoms with van der Waals surface area (Å²) in [7, 11) is 0. The number of nitrogens with zero attached hydrogens (tertiary/aromatic N) is 2. The molecule has 0 spiro atoms. The molecular formula is C15H13Cl2N3. The average Bonchev–Trinajstić information content (AvgIpc) is 2.98. The molecule has 20 heavy (non-hydrogen) atoms. The maximum Gasteiger partial charge on any atom is 0.203 e. The Hall–Kier alpha value is -1.71. The Kier molecular flexibility index (Phi) is 3.81. The van der Waals surface area contributed by atoms with Crippen molar-refractivity contribution < 1.29 is 0 Å². The van der Waals surface area contributed by atoms with Crippen molar-refractivity contribution in [1.29, 1.82) is 0 Å². The fourth-order valence-corrected chi connectivity index (χ4v) is 2.74. The fraction of sp³-hybridized carbons (Fsp3) is 0.133. The normalized spacial score (nSPS) is 13.8. The summed E-state index contributed by atoms with van der Waals surface area (Å²) in [5, 5.41) is 4.46. The van der Waals surface area contributed by atoms with Crippen LogP contribution >= 0.6 is 23.2 Å². The van der Waals surface area contributed by atoms with Gasteiger partial charge >= 0.3 is 0 Å². The van der Waals surface area contributed by atoms with Gasteiger partial charge in [-0.2, -0.15) is 0 Å². The highest BCUT2D eigenvalue weighted by Gasteiger charge is 2.22. The largest absolute Gasteiger partial charge is 0.354 e. The van der Waals surface area contributed by atoms with E-state index < -0.39 is 0 Å². The van der Waals surface area contributed by atoms with Gasteiger partial charge in [-0.3, -0.25) is 9.89 Å². The van der Waals surface area contributed by atoms with Crippen LogP contribution in [0, 0.1) is 0 Å². The molecule has 0 bridgehead atoms. The lowest BCUT2D eigenvalue weighted by atomic mass is 10.2. The highest BCUT2D eigenvalue weighted by Crippen LogP contribution is 2.38. The van der Waals surface area contributed by atoms with E-state index in [-0.39, 0.29) is 0 Å². The molecule has 0 atom stereocenters. The Morgan fingerprint density at radius 3 is 2.25 bits per heavy atom. The monoisotopic (exact) mass is 305 g/mol. The van der Waals surface area contributed by atoms with Gasteiger partial charge in [0.2, 0.25) is 5.96 Å². The Balaban J connectivity index is 2.15. The number of guanidine groups is 1. The van der Waals surface area contributed by atoms with E-state index >= 15 is 0 Å². The zero-order chi connectivity index (χ0) is 13.9. The highest BCUT2D eigenvalue weighted by molar-refractivity contribution is 6.40. The zero-order valence-corrected chi connectivity index (χ0v) is 12.2. The fourth-order valence-electron chi connectivity index (χ4n) is 2.17. The van der Waals surface area contributed by atoms with Gasteiger partial charge in [0, 0.05) is 12.2 Å². The minimum atomic E-state index is 0.595. The molecule has 0 aromatic heterocycles. The number of para-hydroxylation sites is 2. The Morgan fingerprint density at radius 1 is 0.950 bits per heavy atom. The third-order valence-electron chi connectivity index (χ3n) is 3.04. The molecular weight excluding hydrogens is 293 g/mol. The second-order valence-corrected chi connectivity index (χ2v) is 5.19. The summed E-state index contributed by atoms with van der Waals surface area (Å²) < 4.78 is 0. The van der Waals surface area contributed by atoms with E-state index in [2.05, 4.69) is 10.3 Å². The minimum absolute atomic E-state index is 0.595. The summed E-state index contributed by atoms with van der Waals surface area (Å²) in [5.74, 6) is 0.770. The van der Waals surface area contributed by atoms with Gasteiger partial charge in [-0.15, -0.1) is 0 Å². The van der Waals surface area contributed by atoms with Gasteiger partial charge in [0.05, 0.1) is 22.3 Å². The van der Waals surface area contributed by atoms with Crippen LogP contribution in [0.15, 0.2) is 53.5 Å². The van der Waals surface area contributed by atoms with E-state index in [4.69, 9.17) is 23.2 Å². The van der Waals surface area contributed by atoms with Gasteiger partial charge in [-0.1, -0.05) is 47.5 Å². The molecule has 0 aliphatic carbocycles. The van der Waals surface area contributed by atoms with E-state index in [1.807, 2.05) is 53.4 Å². The number of aliphatic imine (C=N–C) groups is 1. The molecule has 0 radical (unpaired) electrons. The average molecular weight is 306 g/mol. The lowest BCUT2D eigenvalue weighted by Crippen LogP contribution is -2.35. The molecule has 1 N–H and O–H groups in total. The van der Waals surface area contributed by atoms with Crippen LogP contribution in [0.2, 0.25) is 10.0 Å². The standard InChI is InChI=1S/C15H13Cl2N3/c16-12-7-4-8-13(17)14(12)20(15-18-9-10-19-15)11-5-2-1-3-6-11/h1-8H,9-10H2,(H,18,19). The van der Waals surface area contributed by atoms with E-state index in [0.717, 1.165) is 30.4 Å². The predicted octanol–water partition coefficient (Wildman–Crippen LogP) is 4.09. The molecule has 1 heterocycles. The third kappa shape index (κ3) is 2.47. The van der Waals surface area contributed by atoms with Crippen LogP contribution in [0.4, 0.5) is 11.4 Å². The molecule has 0 amide bonds. The molecule has 0 unspecified atom stereocenters. The van der Waals surface area contributed by atoms with Gasteiger partial charge in [-0.05, 0) is 24.3 Å². The van der Waals surface area contributed by atoms with Crippen molar-refractivity contribution in [3.05, 3.63) is 58.6 Å².